The third kappa shape index (κ3) is 3.50. The van der Waals surface area contributed by atoms with E-state index >= 15 is 0 Å². The second-order valence-electron chi connectivity index (χ2n) is 4.57. The lowest BCUT2D eigenvalue weighted by Gasteiger charge is -2.08. The summed E-state index contributed by atoms with van der Waals surface area (Å²) in [7, 11) is 0. The first-order chi connectivity index (χ1) is 9.60. The van der Waals surface area contributed by atoms with E-state index in [-0.39, 0.29) is 5.56 Å². The molecule has 20 heavy (non-hydrogen) atoms. The summed E-state index contributed by atoms with van der Waals surface area (Å²) in [4.78, 5) is 8.75. The zero-order chi connectivity index (χ0) is 14.5. The van der Waals surface area contributed by atoms with E-state index in [0.717, 1.165) is 30.0 Å². The monoisotopic (exact) mass is 277 g/mol. The van der Waals surface area contributed by atoms with E-state index in [4.69, 9.17) is 0 Å². The van der Waals surface area contributed by atoms with Crippen molar-refractivity contribution < 1.29 is 8.78 Å². The molecule has 0 spiro atoms. The van der Waals surface area contributed by atoms with Crippen molar-refractivity contribution in [1.82, 2.24) is 9.97 Å². The highest BCUT2D eigenvalue weighted by Gasteiger charge is 2.09. The Morgan fingerprint density at radius 2 is 1.85 bits per heavy atom. The fourth-order valence-corrected chi connectivity index (χ4v) is 1.82. The van der Waals surface area contributed by atoms with Crippen molar-refractivity contribution in [2.24, 2.45) is 0 Å². The summed E-state index contributed by atoms with van der Waals surface area (Å²) in [6, 6.07) is 7.93. The summed E-state index contributed by atoms with van der Waals surface area (Å²) in [5.41, 5.74) is 1.58. The lowest BCUT2D eigenvalue weighted by molar-refractivity contribution is 0.151. The van der Waals surface area contributed by atoms with Crippen molar-refractivity contribution >= 4 is 5.82 Å². The van der Waals surface area contributed by atoms with Crippen LogP contribution in [0.1, 0.15) is 31.0 Å². The topological polar surface area (TPSA) is 37.8 Å². The number of anilines is 1. The van der Waals surface area contributed by atoms with E-state index < -0.39 is 6.43 Å². The Labute approximate surface area is 117 Å². The Morgan fingerprint density at radius 3 is 2.45 bits per heavy atom. The number of alkyl halides is 2. The summed E-state index contributed by atoms with van der Waals surface area (Å²) in [5.74, 6) is 1.30. The van der Waals surface area contributed by atoms with Gasteiger partial charge in [0.1, 0.15) is 5.82 Å². The molecule has 1 aromatic carbocycles. The lowest BCUT2D eigenvalue weighted by atomic mass is 10.1. The van der Waals surface area contributed by atoms with Gasteiger partial charge in [-0.1, -0.05) is 31.2 Å². The van der Waals surface area contributed by atoms with Gasteiger partial charge in [-0.3, -0.25) is 0 Å². The van der Waals surface area contributed by atoms with Gasteiger partial charge in [-0.25, -0.2) is 18.7 Å². The predicted octanol–water partition coefficient (Wildman–Crippen LogP) is 4.21. The van der Waals surface area contributed by atoms with E-state index in [9.17, 15) is 8.78 Å². The van der Waals surface area contributed by atoms with Crippen molar-refractivity contribution in [3.63, 3.8) is 0 Å². The Hall–Kier alpha value is -2.04. The van der Waals surface area contributed by atoms with Gasteiger partial charge in [0, 0.05) is 29.4 Å². The van der Waals surface area contributed by atoms with Crippen molar-refractivity contribution in [2.75, 3.05) is 11.9 Å². The molecule has 2 aromatic rings. The van der Waals surface area contributed by atoms with Gasteiger partial charge in [0.2, 0.25) is 0 Å². The fourth-order valence-electron chi connectivity index (χ4n) is 1.82. The molecule has 0 saturated carbocycles. The number of aromatic nitrogens is 2. The number of halogens is 2. The van der Waals surface area contributed by atoms with Crippen LogP contribution in [0, 0.1) is 6.92 Å². The van der Waals surface area contributed by atoms with Crippen molar-refractivity contribution in [2.45, 2.75) is 26.7 Å². The molecular formula is C15H17F2N3. The quantitative estimate of drug-likeness (QED) is 0.889. The van der Waals surface area contributed by atoms with Crippen LogP contribution in [0.5, 0.6) is 0 Å². The van der Waals surface area contributed by atoms with Gasteiger partial charge < -0.3 is 5.32 Å². The van der Waals surface area contributed by atoms with Crippen LogP contribution in [0.4, 0.5) is 14.6 Å². The first-order valence-corrected chi connectivity index (χ1v) is 6.58. The normalized spacial score (nSPS) is 10.8. The van der Waals surface area contributed by atoms with E-state index in [1.54, 1.807) is 12.1 Å². The molecule has 0 atom stereocenters. The highest BCUT2D eigenvalue weighted by molar-refractivity contribution is 5.58. The number of hydrogen-bond donors (Lipinski definition) is 1. The highest BCUT2D eigenvalue weighted by Crippen LogP contribution is 2.23. The minimum Gasteiger partial charge on any atom is -0.370 e. The van der Waals surface area contributed by atoms with Crippen LogP contribution in [-0.2, 0) is 0 Å². The zero-order valence-corrected chi connectivity index (χ0v) is 11.5. The Kier molecular flexibility index (Phi) is 4.61. The number of rotatable bonds is 5. The van der Waals surface area contributed by atoms with Gasteiger partial charge in [0.25, 0.3) is 6.43 Å². The van der Waals surface area contributed by atoms with E-state index in [1.807, 2.05) is 13.0 Å². The second kappa shape index (κ2) is 6.41. The minimum atomic E-state index is -2.45. The molecule has 3 nitrogen and oxygen atoms in total. The average molecular weight is 277 g/mol. The van der Waals surface area contributed by atoms with Gasteiger partial charge in [-0.2, -0.15) is 0 Å². The zero-order valence-electron chi connectivity index (χ0n) is 11.5. The van der Waals surface area contributed by atoms with E-state index in [1.165, 1.54) is 12.1 Å². The van der Waals surface area contributed by atoms with Crippen molar-refractivity contribution in [3.8, 4) is 11.4 Å². The smallest absolute Gasteiger partial charge is 0.263 e. The molecule has 2 rings (SSSR count). The molecular weight excluding hydrogens is 260 g/mol. The molecule has 0 fully saturated rings. The molecule has 0 unspecified atom stereocenters. The van der Waals surface area contributed by atoms with Gasteiger partial charge >= 0.3 is 0 Å². The number of hydrogen-bond acceptors (Lipinski definition) is 3. The lowest BCUT2D eigenvalue weighted by Crippen LogP contribution is -2.04. The molecule has 0 bridgehead atoms. The minimum absolute atomic E-state index is 0.00531. The second-order valence-corrected chi connectivity index (χ2v) is 4.57. The maximum Gasteiger partial charge on any atom is 0.263 e. The molecule has 106 valence electrons. The number of aryl methyl sites for hydroxylation is 1. The largest absolute Gasteiger partial charge is 0.370 e. The average Bonchev–Trinajstić information content (AvgIpc) is 2.44. The summed E-state index contributed by atoms with van der Waals surface area (Å²) in [6.07, 6.45) is -1.45. The molecule has 0 aliphatic carbocycles. The van der Waals surface area contributed by atoms with Crippen LogP contribution in [0.2, 0.25) is 0 Å². The summed E-state index contributed by atoms with van der Waals surface area (Å²) >= 11 is 0. The standard InChI is InChI=1S/C15H17F2N3/c1-3-8-18-13-9-10(2)19-15(20-13)12-6-4-11(5-7-12)14(16)17/h4-7,9,14H,3,8H2,1-2H3,(H,18,19,20). The molecule has 0 radical (unpaired) electrons. The first-order valence-electron chi connectivity index (χ1n) is 6.58. The van der Waals surface area contributed by atoms with Crippen LogP contribution < -0.4 is 5.32 Å². The first kappa shape index (κ1) is 14.4. The van der Waals surface area contributed by atoms with Gasteiger partial charge in [-0.15, -0.1) is 0 Å². The van der Waals surface area contributed by atoms with Crippen LogP contribution in [0.15, 0.2) is 30.3 Å². The highest BCUT2D eigenvalue weighted by atomic mass is 19.3. The SMILES string of the molecule is CCCNc1cc(C)nc(-c2ccc(C(F)F)cc2)n1. The molecule has 1 N–H and O–H groups in total. The van der Waals surface area contributed by atoms with Crippen LogP contribution in [0.3, 0.4) is 0 Å². The van der Waals surface area contributed by atoms with Crippen LogP contribution in [0.25, 0.3) is 11.4 Å². The van der Waals surface area contributed by atoms with E-state index in [2.05, 4.69) is 22.2 Å². The predicted molar refractivity (Wildman–Crippen MR) is 75.9 cm³/mol. The molecule has 0 amide bonds. The fraction of sp³-hybridized carbons (Fsp3) is 0.333. The molecule has 1 aromatic heterocycles. The molecule has 0 saturated heterocycles. The molecule has 0 aliphatic heterocycles. The summed E-state index contributed by atoms with van der Waals surface area (Å²) < 4.78 is 25.1. The maximum atomic E-state index is 12.5. The summed E-state index contributed by atoms with van der Waals surface area (Å²) in [6.45, 7) is 4.79. The third-order valence-corrected chi connectivity index (χ3v) is 2.83. The van der Waals surface area contributed by atoms with Crippen LogP contribution >= 0.6 is 0 Å². The molecule has 0 aliphatic rings. The van der Waals surface area contributed by atoms with Crippen LogP contribution in [-0.4, -0.2) is 16.5 Å². The number of nitrogens with zero attached hydrogens (tertiary/aromatic N) is 2. The third-order valence-electron chi connectivity index (χ3n) is 2.83. The van der Waals surface area contributed by atoms with Gasteiger partial charge in [0.15, 0.2) is 5.82 Å². The number of nitrogens with one attached hydrogen (secondary N) is 1. The Balaban J connectivity index is 2.29. The molecule has 1 heterocycles. The van der Waals surface area contributed by atoms with Gasteiger partial charge in [-0.05, 0) is 13.3 Å². The Morgan fingerprint density at radius 1 is 1.15 bits per heavy atom. The Bertz CT molecular complexity index is 568. The number of benzene rings is 1. The maximum absolute atomic E-state index is 12.5. The van der Waals surface area contributed by atoms with Crippen molar-refractivity contribution in [3.05, 3.63) is 41.6 Å². The summed E-state index contributed by atoms with van der Waals surface area (Å²) in [5, 5.41) is 3.20. The van der Waals surface area contributed by atoms with Crippen molar-refractivity contribution in [1.29, 1.82) is 0 Å². The molecule has 5 heteroatoms. The van der Waals surface area contributed by atoms with Gasteiger partial charge in [0.05, 0.1) is 0 Å². The van der Waals surface area contributed by atoms with E-state index in [0.29, 0.717) is 5.82 Å².